The van der Waals surface area contributed by atoms with Crippen molar-refractivity contribution in [1.29, 1.82) is 0 Å². The molecule has 42 heavy (non-hydrogen) atoms. The number of amides is 3. The van der Waals surface area contributed by atoms with Gasteiger partial charge < -0.3 is 20.6 Å². The molecule has 0 unspecified atom stereocenters. The van der Waals surface area contributed by atoms with Crippen LogP contribution in [0.25, 0.3) is 10.4 Å². The number of benzene rings is 2. The molecule has 3 aromatic rings. The smallest absolute Gasteiger partial charge is 0.246 e. The lowest BCUT2D eigenvalue weighted by Gasteiger charge is -2.35. The van der Waals surface area contributed by atoms with Gasteiger partial charge >= 0.3 is 0 Å². The Kier molecular flexibility index (Phi) is 10.2. The van der Waals surface area contributed by atoms with Crippen molar-refractivity contribution in [2.24, 2.45) is 5.41 Å². The zero-order chi connectivity index (χ0) is 30.6. The van der Waals surface area contributed by atoms with Crippen LogP contribution in [0.3, 0.4) is 0 Å². The van der Waals surface area contributed by atoms with E-state index in [2.05, 4.69) is 43.7 Å². The minimum Gasteiger partial charge on any atom is -0.391 e. The van der Waals surface area contributed by atoms with Gasteiger partial charge in [-0.2, -0.15) is 0 Å². The Bertz CT molecular complexity index is 1400. The van der Waals surface area contributed by atoms with E-state index in [0.29, 0.717) is 6.42 Å². The van der Waals surface area contributed by atoms with Crippen molar-refractivity contribution in [3.05, 3.63) is 75.3 Å². The van der Waals surface area contributed by atoms with E-state index in [1.165, 1.54) is 11.8 Å². The molecule has 4 rings (SSSR count). The molecule has 2 aromatic carbocycles. The number of aryl methyl sites for hydroxylation is 2. The molecule has 0 bridgehead atoms. The van der Waals surface area contributed by atoms with Gasteiger partial charge in [0.25, 0.3) is 0 Å². The molecule has 8 nitrogen and oxygen atoms in total. The molecule has 1 aromatic heterocycles. The lowest BCUT2D eigenvalue weighted by atomic mass is 9.85. The molecule has 1 aliphatic heterocycles. The second-order valence-electron chi connectivity index (χ2n) is 12.0. The van der Waals surface area contributed by atoms with Gasteiger partial charge in [-0.1, -0.05) is 73.1 Å². The Hall–Kier alpha value is -3.08. The van der Waals surface area contributed by atoms with Crippen molar-refractivity contribution in [2.75, 3.05) is 6.54 Å². The number of carbonyl (C=O) groups is 3. The van der Waals surface area contributed by atoms with E-state index in [1.807, 2.05) is 69.6 Å². The fourth-order valence-corrected chi connectivity index (χ4v) is 6.40. The second kappa shape index (κ2) is 13.5. The lowest BCUT2D eigenvalue weighted by molar-refractivity contribution is -0.144. The summed E-state index contributed by atoms with van der Waals surface area (Å²) in [6.45, 7) is 8.98. The highest BCUT2D eigenvalue weighted by atomic mass is 79.9. The standard InChI is InChI=1S/C32H39BrN4O4S/c1-19-28(42-18-34-19)23-11-9-22(10-12-23)26(15-8-21-6-13-24(33)14-7-21)36-30(40)27-16-25(39)17-37(27)31(41)29(32(3,4)5)35-20(2)38/h6-7,9-14,18,25-27,29,39H,8,15-17H2,1-5H3,(H,35,38)(H,36,40)/t25-,26+,27+,29-/m1/s1. The number of hydrogen-bond acceptors (Lipinski definition) is 6. The predicted molar refractivity (Wildman–Crippen MR) is 169 cm³/mol. The molecule has 3 amide bonds. The maximum atomic E-state index is 13.8. The van der Waals surface area contributed by atoms with Crippen LogP contribution in [-0.4, -0.2) is 57.4 Å². The third kappa shape index (κ3) is 7.85. The molecule has 10 heteroatoms. The molecule has 1 aliphatic rings. The maximum absolute atomic E-state index is 13.8. The molecule has 1 fully saturated rings. The van der Waals surface area contributed by atoms with Crippen LogP contribution in [-0.2, 0) is 20.8 Å². The first-order valence-electron chi connectivity index (χ1n) is 14.1. The number of halogens is 1. The van der Waals surface area contributed by atoms with Crippen molar-refractivity contribution in [3.63, 3.8) is 0 Å². The molecule has 224 valence electrons. The van der Waals surface area contributed by atoms with E-state index in [9.17, 15) is 19.5 Å². The van der Waals surface area contributed by atoms with E-state index in [0.717, 1.165) is 38.2 Å². The number of carbonyl (C=O) groups excluding carboxylic acids is 3. The molecule has 0 saturated carbocycles. The number of aliphatic hydroxyl groups is 1. The van der Waals surface area contributed by atoms with Crippen LogP contribution < -0.4 is 10.6 Å². The number of aliphatic hydroxyl groups excluding tert-OH is 1. The number of likely N-dealkylation sites (tertiary alicyclic amines) is 1. The predicted octanol–water partition coefficient (Wildman–Crippen LogP) is 5.18. The normalized spacial score (nSPS) is 18.4. The Morgan fingerprint density at radius 3 is 2.33 bits per heavy atom. The van der Waals surface area contributed by atoms with Gasteiger partial charge in [-0.15, -0.1) is 11.3 Å². The van der Waals surface area contributed by atoms with E-state index in [4.69, 9.17) is 0 Å². The molecule has 4 atom stereocenters. The van der Waals surface area contributed by atoms with E-state index < -0.39 is 23.6 Å². The minimum absolute atomic E-state index is 0.0372. The largest absolute Gasteiger partial charge is 0.391 e. The molecule has 1 saturated heterocycles. The first-order chi connectivity index (χ1) is 19.8. The minimum atomic E-state index is -0.847. The SMILES string of the molecule is CC(=O)N[C@H](C(=O)N1C[C@H](O)C[C@H]1C(=O)N[C@@H](CCc1ccc(Br)cc1)c1ccc(-c2scnc2C)cc1)C(C)(C)C. The zero-order valence-electron chi connectivity index (χ0n) is 24.7. The second-order valence-corrected chi connectivity index (χ2v) is 13.8. The van der Waals surface area contributed by atoms with Crippen LogP contribution in [0.4, 0.5) is 0 Å². The third-order valence-electron chi connectivity index (χ3n) is 7.60. The molecule has 0 radical (unpaired) electrons. The van der Waals surface area contributed by atoms with Crippen LogP contribution >= 0.6 is 27.3 Å². The summed E-state index contributed by atoms with van der Waals surface area (Å²) >= 11 is 5.07. The Morgan fingerprint density at radius 2 is 1.76 bits per heavy atom. The first-order valence-corrected chi connectivity index (χ1v) is 15.8. The number of nitrogens with one attached hydrogen (secondary N) is 2. The summed E-state index contributed by atoms with van der Waals surface area (Å²) in [5.74, 6) is -1.02. The maximum Gasteiger partial charge on any atom is 0.246 e. The number of nitrogens with zero attached hydrogens (tertiary/aromatic N) is 2. The summed E-state index contributed by atoms with van der Waals surface area (Å²) in [7, 11) is 0. The quantitative estimate of drug-likeness (QED) is 0.294. The van der Waals surface area contributed by atoms with Crippen LogP contribution in [0.5, 0.6) is 0 Å². The molecule has 3 N–H and O–H groups in total. The summed E-state index contributed by atoms with van der Waals surface area (Å²) in [5, 5.41) is 16.5. The van der Waals surface area contributed by atoms with Crippen molar-refractivity contribution >= 4 is 45.0 Å². The number of β-amino-alcohol motifs (C(OH)–C–C–N with tert-alkyl or cyclic N) is 1. The fourth-order valence-electron chi connectivity index (χ4n) is 5.32. The van der Waals surface area contributed by atoms with Crippen LogP contribution in [0.2, 0.25) is 0 Å². The zero-order valence-corrected chi connectivity index (χ0v) is 27.1. The van der Waals surface area contributed by atoms with Gasteiger partial charge in [0.2, 0.25) is 17.7 Å². The van der Waals surface area contributed by atoms with Gasteiger partial charge in [0, 0.05) is 24.4 Å². The average molecular weight is 656 g/mol. The van der Waals surface area contributed by atoms with E-state index in [1.54, 1.807) is 11.3 Å². The van der Waals surface area contributed by atoms with Gasteiger partial charge in [0.1, 0.15) is 12.1 Å². The monoisotopic (exact) mass is 654 g/mol. The van der Waals surface area contributed by atoms with Gasteiger partial charge in [0.05, 0.1) is 28.2 Å². The number of thiazole rings is 1. The third-order valence-corrected chi connectivity index (χ3v) is 9.10. The van der Waals surface area contributed by atoms with Gasteiger partial charge in [-0.05, 0) is 54.0 Å². The topological polar surface area (TPSA) is 112 Å². The fraction of sp³-hybridized carbons (Fsp3) is 0.438. The average Bonchev–Trinajstić information content (AvgIpc) is 3.55. The summed E-state index contributed by atoms with van der Waals surface area (Å²) in [4.78, 5) is 46.3. The Morgan fingerprint density at radius 1 is 1.10 bits per heavy atom. The molecular formula is C32H39BrN4O4S. The van der Waals surface area contributed by atoms with Crippen molar-refractivity contribution in [2.45, 2.75) is 78.1 Å². The lowest BCUT2D eigenvalue weighted by Crippen LogP contribution is -2.57. The van der Waals surface area contributed by atoms with Crippen LogP contribution in [0, 0.1) is 12.3 Å². The summed E-state index contributed by atoms with van der Waals surface area (Å²) < 4.78 is 1.00. The number of aromatic nitrogens is 1. The molecule has 2 heterocycles. The highest BCUT2D eigenvalue weighted by Gasteiger charge is 2.44. The summed E-state index contributed by atoms with van der Waals surface area (Å²) in [5.41, 5.74) is 5.39. The number of rotatable bonds is 9. The van der Waals surface area contributed by atoms with Gasteiger partial charge in [-0.25, -0.2) is 4.98 Å². The van der Waals surface area contributed by atoms with E-state index in [-0.39, 0.29) is 36.7 Å². The first kappa shape index (κ1) is 31.8. The van der Waals surface area contributed by atoms with Crippen LogP contribution in [0.15, 0.2) is 58.5 Å². The Balaban J connectivity index is 1.57. The van der Waals surface area contributed by atoms with E-state index >= 15 is 0 Å². The van der Waals surface area contributed by atoms with Crippen molar-refractivity contribution < 1.29 is 19.5 Å². The van der Waals surface area contributed by atoms with Gasteiger partial charge in [-0.3, -0.25) is 14.4 Å². The summed E-state index contributed by atoms with van der Waals surface area (Å²) in [6.07, 6.45) is 0.688. The Labute approximate surface area is 260 Å². The van der Waals surface area contributed by atoms with Crippen molar-refractivity contribution in [1.82, 2.24) is 20.5 Å². The van der Waals surface area contributed by atoms with Crippen LogP contribution in [0.1, 0.15) is 63.4 Å². The van der Waals surface area contributed by atoms with Gasteiger partial charge in [0.15, 0.2) is 0 Å². The summed E-state index contributed by atoms with van der Waals surface area (Å²) in [6, 6.07) is 14.3. The highest BCUT2D eigenvalue weighted by molar-refractivity contribution is 9.10. The molecular weight excluding hydrogens is 616 g/mol. The molecule has 0 spiro atoms. The number of hydrogen-bond donors (Lipinski definition) is 3. The highest BCUT2D eigenvalue weighted by Crippen LogP contribution is 2.31. The molecule has 0 aliphatic carbocycles. The van der Waals surface area contributed by atoms with Crippen molar-refractivity contribution in [3.8, 4) is 10.4 Å².